The highest BCUT2D eigenvalue weighted by atomic mass is 35.5. The molecule has 0 saturated carbocycles. The number of nitrogens with one attached hydrogen (secondary N) is 2. The molecule has 186 valence electrons. The number of aryl methyl sites for hydroxylation is 2. The number of rotatable bonds is 6. The Morgan fingerprint density at radius 2 is 1.71 bits per heavy atom. The van der Waals surface area contributed by atoms with E-state index in [0.29, 0.717) is 33.8 Å². The first kappa shape index (κ1) is 26.6. The number of hydrogen-bond acceptors (Lipinski definition) is 3. The summed E-state index contributed by atoms with van der Waals surface area (Å²) in [6.07, 6.45) is 0. The Hall–Kier alpha value is -3.03. The molecule has 35 heavy (non-hydrogen) atoms. The van der Waals surface area contributed by atoms with E-state index in [9.17, 15) is 9.59 Å². The van der Waals surface area contributed by atoms with Gasteiger partial charge in [0.05, 0.1) is 21.4 Å². The molecule has 3 aromatic rings. The molecule has 0 unspecified atom stereocenters. The second kappa shape index (κ2) is 10.7. The predicted octanol–water partition coefficient (Wildman–Crippen LogP) is 6.59. The molecule has 0 fully saturated rings. The Morgan fingerprint density at radius 3 is 2.31 bits per heavy atom. The van der Waals surface area contributed by atoms with Crippen LogP contribution < -0.4 is 10.6 Å². The Kier molecular flexibility index (Phi) is 8.13. The fourth-order valence-corrected chi connectivity index (χ4v) is 3.77. The molecule has 7 nitrogen and oxygen atoms in total. The number of halogens is 2. The topological polar surface area (TPSA) is 79.3 Å². The van der Waals surface area contributed by atoms with Crippen molar-refractivity contribution in [2.24, 2.45) is 0 Å². The van der Waals surface area contributed by atoms with Gasteiger partial charge in [0.25, 0.3) is 0 Å². The van der Waals surface area contributed by atoms with Gasteiger partial charge in [-0.3, -0.25) is 4.79 Å². The molecule has 9 heteroatoms. The maximum atomic E-state index is 13.0. The molecule has 0 aliphatic carbocycles. The molecule has 0 atom stereocenters. The number of hydrogen-bond donors (Lipinski definition) is 2. The lowest BCUT2D eigenvalue weighted by molar-refractivity contribution is -0.116. The third-order valence-electron chi connectivity index (χ3n) is 5.52. The van der Waals surface area contributed by atoms with Crippen LogP contribution in [0.2, 0.25) is 10.0 Å². The average molecular weight is 516 g/mol. The molecule has 0 radical (unpaired) electrons. The summed E-state index contributed by atoms with van der Waals surface area (Å²) < 4.78 is 1.62. The number of likely N-dealkylation sites (N-methyl/N-ethyl adjacent to an activating group) is 1. The van der Waals surface area contributed by atoms with E-state index in [1.165, 1.54) is 4.90 Å². The van der Waals surface area contributed by atoms with Gasteiger partial charge in [-0.15, -0.1) is 0 Å². The van der Waals surface area contributed by atoms with Crippen molar-refractivity contribution in [3.8, 4) is 5.69 Å². The van der Waals surface area contributed by atoms with Gasteiger partial charge >= 0.3 is 6.03 Å². The van der Waals surface area contributed by atoms with Crippen LogP contribution in [0.25, 0.3) is 5.69 Å². The summed E-state index contributed by atoms with van der Waals surface area (Å²) in [5, 5.41) is 11.3. The van der Waals surface area contributed by atoms with Crippen LogP contribution in [0.4, 0.5) is 16.3 Å². The molecule has 1 heterocycles. The van der Waals surface area contributed by atoms with Crippen LogP contribution in [-0.4, -0.2) is 39.7 Å². The predicted molar refractivity (Wildman–Crippen MR) is 143 cm³/mol. The molecule has 0 spiro atoms. The summed E-state index contributed by atoms with van der Waals surface area (Å²) in [4.78, 5) is 27.3. The number of aromatic nitrogens is 2. The molecule has 0 saturated heterocycles. The first-order valence-corrected chi connectivity index (χ1v) is 12.1. The number of carbonyl (C=O) groups is 2. The normalized spacial score (nSPS) is 11.3. The zero-order valence-electron chi connectivity index (χ0n) is 20.9. The molecule has 1 aromatic heterocycles. The van der Waals surface area contributed by atoms with Crippen molar-refractivity contribution in [2.45, 2.75) is 47.0 Å². The average Bonchev–Trinajstić information content (AvgIpc) is 3.20. The van der Waals surface area contributed by atoms with Gasteiger partial charge in [0.1, 0.15) is 12.4 Å². The second-order valence-corrected chi connectivity index (χ2v) is 10.3. The van der Waals surface area contributed by atoms with Gasteiger partial charge in [0, 0.05) is 23.7 Å². The van der Waals surface area contributed by atoms with Crippen molar-refractivity contribution in [3.05, 3.63) is 69.3 Å². The summed E-state index contributed by atoms with van der Waals surface area (Å²) in [6, 6.07) is 12.4. The molecule has 2 aromatic carbocycles. The van der Waals surface area contributed by atoms with Crippen LogP contribution in [0, 0.1) is 13.8 Å². The summed E-state index contributed by atoms with van der Waals surface area (Å²) in [6.45, 7) is 12.1. The molecule has 3 rings (SSSR count). The summed E-state index contributed by atoms with van der Waals surface area (Å²) in [7, 11) is 0. The first-order chi connectivity index (χ1) is 16.4. The van der Waals surface area contributed by atoms with Gasteiger partial charge in [-0.05, 0) is 50.6 Å². The highest BCUT2D eigenvalue weighted by Gasteiger charge is 2.23. The van der Waals surface area contributed by atoms with Crippen molar-refractivity contribution in [1.82, 2.24) is 14.7 Å². The van der Waals surface area contributed by atoms with E-state index in [4.69, 9.17) is 23.2 Å². The quantitative estimate of drug-likeness (QED) is 0.388. The number of urea groups is 1. The highest BCUT2D eigenvalue weighted by Crippen LogP contribution is 2.29. The van der Waals surface area contributed by atoms with Crippen molar-refractivity contribution in [1.29, 1.82) is 0 Å². The van der Waals surface area contributed by atoms with Crippen LogP contribution >= 0.6 is 23.2 Å². The molecule has 3 amide bonds. The fraction of sp³-hybridized carbons (Fsp3) is 0.346. The highest BCUT2D eigenvalue weighted by molar-refractivity contribution is 6.42. The second-order valence-electron chi connectivity index (χ2n) is 9.49. The standard InChI is InChI=1S/C26H31Cl2N5O2/c1-7-32(25(35)29-21-11-8-16(2)12-17(21)3)15-24(34)30-23-14-22(26(4,5)6)31-33(23)18-9-10-19(27)20(28)13-18/h8-14H,7,15H2,1-6H3,(H,29,35)(H,30,34). The number of benzene rings is 2. The molecular weight excluding hydrogens is 485 g/mol. The SMILES string of the molecule is CCN(CC(=O)Nc1cc(C(C)(C)C)nn1-c1ccc(Cl)c(Cl)c1)C(=O)Nc1ccc(C)cc1C. The third kappa shape index (κ3) is 6.55. The van der Waals surface area contributed by atoms with E-state index in [-0.39, 0.29) is 23.9 Å². The molecular formula is C26H31Cl2N5O2. The van der Waals surface area contributed by atoms with E-state index >= 15 is 0 Å². The monoisotopic (exact) mass is 515 g/mol. The maximum Gasteiger partial charge on any atom is 0.322 e. The van der Waals surface area contributed by atoms with Gasteiger partial charge in [-0.2, -0.15) is 5.10 Å². The lowest BCUT2D eigenvalue weighted by atomic mass is 9.92. The van der Waals surface area contributed by atoms with E-state index < -0.39 is 0 Å². The fourth-order valence-electron chi connectivity index (χ4n) is 3.48. The maximum absolute atomic E-state index is 13.0. The molecule has 0 aliphatic heterocycles. The van der Waals surface area contributed by atoms with Crippen LogP contribution in [0.3, 0.4) is 0 Å². The minimum atomic E-state index is -0.344. The van der Waals surface area contributed by atoms with Crippen LogP contribution in [0.5, 0.6) is 0 Å². The lowest BCUT2D eigenvalue weighted by Gasteiger charge is -2.21. The Morgan fingerprint density at radius 1 is 1.00 bits per heavy atom. The smallest absolute Gasteiger partial charge is 0.315 e. The number of amides is 3. The zero-order valence-corrected chi connectivity index (χ0v) is 22.4. The summed E-state index contributed by atoms with van der Waals surface area (Å²) in [5.74, 6) is 0.133. The van der Waals surface area contributed by atoms with Crippen molar-refractivity contribution in [2.75, 3.05) is 23.7 Å². The van der Waals surface area contributed by atoms with Gasteiger partial charge in [-0.25, -0.2) is 9.48 Å². The number of anilines is 2. The minimum Gasteiger partial charge on any atom is -0.315 e. The lowest BCUT2D eigenvalue weighted by Crippen LogP contribution is -2.40. The largest absolute Gasteiger partial charge is 0.322 e. The zero-order chi connectivity index (χ0) is 25.9. The summed E-state index contributed by atoms with van der Waals surface area (Å²) in [5.41, 5.74) is 3.98. The van der Waals surface area contributed by atoms with E-state index in [2.05, 4.69) is 15.7 Å². The number of carbonyl (C=O) groups excluding carboxylic acids is 2. The van der Waals surface area contributed by atoms with Gasteiger partial charge in [-0.1, -0.05) is 61.7 Å². The van der Waals surface area contributed by atoms with E-state index in [1.54, 1.807) is 22.9 Å². The summed E-state index contributed by atoms with van der Waals surface area (Å²) >= 11 is 12.3. The van der Waals surface area contributed by atoms with Crippen LogP contribution in [0.1, 0.15) is 44.5 Å². The van der Waals surface area contributed by atoms with E-state index in [1.807, 2.05) is 65.8 Å². The van der Waals surface area contributed by atoms with E-state index in [0.717, 1.165) is 16.8 Å². The Bertz CT molecular complexity index is 1250. The van der Waals surface area contributed by atoms with Gasteiger partial charge in [0.15, 0.2) is 0 Å². The molecule has 2 N–H and O–H groups in total. The third-order valence-corrected chi connectivity index (χ3v) is 6.26. The Labute approximate surface area is 216 Å². The van der Waals surface area contributed by atoms with Crippen LogP contribution in [0.15, 0.2) is 42.5 Å². The van der Waals surface area contributed by atoms with Gasteiger partial charge in [0.2, 0.25) is 5.91 Å². The number of nitrogens with zero attached hydrogens (tertiary/aromatic N) is 3. The Balaban J connectivity index is 1.80. The molecule has 0 bridgehead atoms. The van der Waals surface area contributed by atoms with Crippen LogP contribution in [-0.2, 0) is 10.2 Å². The van der Waals surface area contributed by atoms with Gasteiger partial charge < -0.3 is 15.5 Å². The first-order valence-electron chi connectivity index (χ1n) is 11.4. The van der Waals surface area contributed by atoms with Crippen molar-refractivity contribution >= 4 is 46.6 Å². The minimum absolute atomic E-state index is 0.120. The van der Waals surface area contributed by atoms with Crippen molar-refractivity contribution < 1.29 is 9.59 Å². The van der Waals surface area contributed by atoms with Crippen molar-refractivity contribution in [3.63, 3.8) is 0 Å². The molecule has 0 aliphatic rings.